The van der Waals surface area contributed by atoms with Gasteiger partial charge in [-0.05, 0) is 0 Å². The second kappa shape index (κ2) is 27.9. The molecule has 0 aromatic rings. The molecule has 1 radical (unpaired) electrons. The molecule has 0 aliphatic heterocycles. The topological polar surface area (TPSA) is 63.0 Å². The predicted octanol–water partition coefficient (Wildman–Crippen LogP) is -1.96. The molecule has 0 atom stereocenters. The molecule has 0 saturated carbocycles. The summed E-state index contributed by atoms with van der Waals surface area (Å²) in [6.07, 6.45) is 0. The summed E-state index contributed by atoms with van der Waals surface area (Å²) in [5.74, 6) is 0. The van der Waals surface area contributed by atoms with Gasteiger partial charge in [-0.1, -0.05) is 0 Å². The van der Waals surface area contributed by atoms with E-state index in [1.807, 2.05) is 0 Å². The normalized spacial score (nSPS) is 0. The van der Waals surface area contributed by atoms with Crippen LogP contribution in [0.4, 0.5) is 0 Å². The van der Waals surface area contributed by atoms with E-state index in [9.17, 15) is 0 Å². The minimum Gasteiger partial charge on any atom is -1.00 e. The van der Waals surface area contributed by atoms with Crippen molar-refractivity contribution < 1.29 is 35.2 Å². The van der Waals surface area contributed by atoms with E-state index in [2.05, 4.69) is 0 Å². The average Bonchev–Trinajstić information content (AvgIpc) is 0. The Morgan fingerprint density at radius 3 is 0.800 bits per heavy atom. The van der Waals surface area contributed by atoms with Crippen LogP contribution < -0.4 is 0 Å². The maximum Gasteiger partial charge on any atom is 2.00 e. The zero-order valence-electron chi connectivity index (χ0n) is 6.86. The van der Waals surface area contributed by atoms with Gasteiger partial charge in [0, 0.05) is 18.6 Å². The molecule has 0 fully saturated rings. The maximum atomic E-state index is 0. The molecule has 2 nitrogen and oxygen atoms in total. The van der Waals surface area contributed by atoms with Crippen LogP contribution in [0.15, 0.2) is 0 Å². The van der Waals surface area contributed by atoms with Gasteiger partial charge in [0.2, 0.25) is 0 Å². The van der Waals surface area contributed by atoms with Gasteiger partial charge in [0.1, 0.15) is 0 Å². The summed E-state index contributed by atoms with van der Waals surface area (Å²) in [4.78, 5) is 0. The van der Waals surface area contributed by atoms with E-state index in [1.165, 1.54) is 0 Å². The van der Waals surface area contributed by atoms with Gasteiger partial charge in [0.25, 0.3) is 0 Å². The van der Waals surface area contributed by atoms with Gasteiger partial charge in [0.15, 0.2) is 0 Å². The van der Waals surface area contributed by atoms with Crippen LogP contribution in [0.25, 0.3) is 0 Å². The molecule has 5 heavy (non-hydrogen) atoms. The Bertz CT molecular complexity index is 16.5. The monoisotopic (exact) mass is 171 g/mol. The first-order chi connectivity index (χ1) is 0. The van der Waals surface area contributed by atoms with Gasteiger partial charge >= 0.3 is 75.5 Å². The van der Waals surface area contributed by atoms with Crippen molar-refractivity contribution in [3.8, 4) is 0 Å². The van der Waals surface area contributed by atoms with Crippen LogP contribution in [-0.2, 0) is 18.6 Å². The summed E-state index contributed by atoms with van der Waals surface area (Å²) in [7, 11) is 0. The Kier molecular flexibility index (Phi) is 241. The first-order valence-corrected chi connectivity index (χ1v) is 0. The molecule has 0 rings (SSSR count). The maximum absolute atomic E-state index is 0. The molecule has 0 aliphatic carbocycles. The van der Waals surface area contributed by atoms with Crippen molar-refractivity contribution in [3.05, 3.63) is 0 Å². The molecule has 5 heteroatoms. The van der Waals surface area contributed by atoms with Crippen LogP contribution >= 0.6 is 0 Å². The van der Waals surface area contributed by atoms with E-state index in [1.54, 1.807) is 0 Å². The van der Waals surface area contributed by atoms with Crippen LogP contribution in [0, 0.1) is 0 Å². The molecule has 0 unspecified atom stereocenters. The van der Waals surface area contributed by atoms with Gasteiger partial charge in [-0.3, -0.25) is 0 Å². The number of hydrogen-bond acceptors (Lipinski definition) is 0. The summed E-state index contributed by atoms with van der Waals surface area (Å²) in [6.45, 7) is 0. The Morgan fingerprint density at radius 1 is 0.800 bits per heavy atom. The fourth-order valence-electron chi connectivity index (χ4n) is 0. The SMILES string of the molecule is O.O.[Ca+2].[Ca+2].[H-].[H-].[H-].[H-].[V]. The molecule has 4 N–H and O–H groups in total. The molecule has 0 aliphatic rings. The molecule has 0 heterocycles. The van der Waals surface area contributed by atoms with Crippen molar-refractivity contribution in [2.24, 2.45) is 0 Å². The zero-order valence-corrected chi connectivity index (χ0v) is 8.67. The minimum atomic E-state index is 0. The number of hydrogen-bond donors (Lipinski definition) is 0. The quantitative estimate of drug-likeness (QED) is 0.380. The van der Waals surface area contributed by atoms with Gasteiger partial charge in [-0.25, -0.2) is 0 Å². The molecular formula is H8Ca2O2V. The molecule has 0 saturated heterocycles. The van der Waals surface area contributed by atoms with E-state index in [-0.39, 0.29) is 111 Å². The molecule has 0 aromatic heterocycles. The van der Waals surface area contributed by atoms with Crippen molar-refractivity contribution in [2.75, 3.05) is 0 Å². The fourth-order valence-corrected chi connectivity index (χ4v) is 0. The number of rotatable bonds is 0. The van der Waals surface area contributed by atoms with Gasteiger partial charge in [-0.2, -0.15) is 0 Å². The van der Waals surface area contributed by atoms with Gasteiger partial charge in [-0.15, -0.1) is 0 Å². The van der Waals surface area contributed by atoms with Crippen LogP contribution in [-0.4, -0.2) is 86.4 Å². The van der Waals surface area contributed by atoms with Crippen LogP contribution in [0.2, 0.25) is 0 Å². The summed E-state index contributed by atoms with van der Waals surface area (Å²) < 4.78 is 0. The summed E-state index contributed by atoms with van der Waals surface area (Å²) in [6, 6.07) is 0. The predicted molar refractivity (Wildman–Crippen MR) is 23.2 cm³/mol. The molecule has 0 bridgehead atoms. The third-order valence-electron chi connectivity index (χ3n) is 0. The van der Waals surface area contributed by atoms with Crippen LogP contribution in [0.5, 0.6) is 0 Å². The fraction of sp³-hybridized carbons (Fsp3) is 0. The third kappa shape index (κ3) is 19.4. The van der Waals surface area contributed by atoms with Crippen molar-refractivity contribution >= 4 is 75.5 Å². The first kappa shape index (κ1) is 43.3. The second-order valence-electron chi connectivity index (χ2n) is 0. The van der Waals surface area contributed by atoms with Crippen molar-refractivity contribution in [1.29, 1.82) is 0 Å². The molecular weight excluding hydrogens is 163 g/mol. The van der Waals surface area contributed by atoms with E-state index in [0.717, 1.165) is 0 Å². The van der Waals surface area contributed by atoms with Gasteiger partial charge < -0.3 is 16.7 Å². The van der Waals surface area contributed by atoms with Crippen LogP contribution in [0.3, 0.4) is 0 Å². The molecule has 0 spiro atoms. The van der Waals surface area contributed by atoms with Crippen molar-refractivity contribution in [3.63, 3.8) is 0 Å². The van der Waals surface area contributed by atoms with E-state index < -0.39 is 0 Å². The Morgan fingerprint density at radius 2 is 0.800 bits per heavy atom. The smallest absolute Gasteiger partial charge is 1.00 e. The van der Waals surface area contributed by atoms with E-state index >= 15 is 0 Å². The Hall–Kier alpha value is 3.02. The molecule has 0 aromatic carbocycles. The Balaban J connectivity index is 0. The third-order valence-corrected chi connectivity index (χ3v) is 0. The van der Waals surface area contributed by atoms with Crippen molar-refractivity contribution in [1.82, 2.24) is 0 Å². The average molecular weight is 171 g/mol. The molecule has 0 amide bonds. The van der Waals surface area contributed by atoms with E-state index in [4.69, 9.17) is 0 Å². The van der Waals surface area contributed by atoms with Crippen LogP contribution in [0.1, 0.15) is 5.71 Å². The zero-order chi connectivity index (χ0) is 0. The largest absolute Gasteiger partial charge is 2.00 e. The van der Waals surface area contributed by atoms with Gasteiger partial charge in [0.05, 0.1) is 0 Å². The van der Waals surface area contributed by atoms with E-state index in [0.29, 0.717) is 0 Å². The summed E-state index contributed by atoms with van der Waals surface area (Å²) >= 11 is 0. The Labute approximate surface area is 109 Å². The second-order valence-corrected chi connectivity index (χ2v) is 0. The summed E-state index contributed by atoms with van der Waals surface area (Å²) in [5, 5.41) is 0. The first-order valence-electron chi connectivity index (χ1n) is 0. The minimum absolute atomic E-state index is 0. The standard InChI is InChI=1S/2Ca.2H2O.V.4H/h;;2*1H2;;;;;/q2*+2;;;;4*-1. The molecule has 29 valence electrons. The van der Waals surface area contributed by atoms with Crippen molar-refractivity contribution in [2.45, 2.75) is 0 Å². The summed E-state index contributed by atoms with van der Waals surface area (Å²) in [5.41, 5.74) is 0.